The van der Waals surface area contributed by atoms with Crippen molar-refractivity contribution in [2.75, 3.05) is 31.5 Å². The molecule has 1 N–H and O–H groups in total. The van der Waals surface area contributed by atoms with Crippen molar-refractivity contribution in [2.45, 2.75) is 26.8 Å². The van der Waals surface area contributed by atoms with E-state index < -0.39 is 5.82 Å². The van der Waals surface area contributed by atoms with Crippen LogP contribution >= 0.6 is 22.9 Å². The molecular weight excluding hydrogens is 449 g/mol. The molecule has 0 saturated carbocycles. The first-order valence-corrected chi connectivity index (χ1v) is 11.8. The monoisotopic (exact) mass is 473 g/mol. The van der Waals surface area contributed by atoms with E-state index in [0.29, 0.717) is 43.1 Å². The van der Waals surface area contributed by atoms with Crippen LogP contribution in [0.5, 0.6) is 0 Å². The van der Waals surface area contributed by atoms with Gasteiger partial charge < -0.3 is 10.2 Å². The van der Waals surface area contributed by atoms with Crippen LogP contribution in [0.25, 0.3) is 10.2 Å². The van der Waals surface area contributed by atoms with E-state index in [1.807, 2.05) is 4.90 Å². The molecule has 0 saturated heterocycles. The van der Waals surface area contributed by atoms with E-state index in [1.165, 1.54) is 18.5 Å². The van der Waals surface area contributed by atoms with Gasteiger partial charge in [-0.2, -0.15) is 0 Å². The zero-order valence-corrected chi connectivity index (χ0v) is 19.7. The van der Waals surface area contributed by atoms with Crippen LogP contribution in [0.3, 0.4) is 0 Å². The summed E-state index contributed by atoms with van der Waals surface area (Å²) >= 11 is 7.50. The number of fused-ring (bicyclic) bond motifs is 3. The van der Waals surface area contributed by atoms with E-state index in [9.17, 15) is 9.18 Å². The predicted molar refractivity (Wildman–Crippen MR) is 128 cm³/mol. The Balaban J connectivity index is 1.57. The molecule has 1 aromatic carbocycles. The summed E-state index contributed by atoms with van der Waals surface area (Å²) < 4.78 is 13.5. The number of hydrogen-bond donors (Lipinski definition) is 1. The van der Waals surface area contributed by atoms with Gasteiger partial charge in [0.15, 0.2) is 0 Å². The van der Waals surface area contributed by atoms with E-state index in [0.717, 1.165) is 33.7 Å². The third kappa shape index (κ3) is 4.48. The van der Waals surface area contributed by atoms with Gasteiger partial charge in [-0.05, 0) is 43.3 Å². The number of nitrogens with zero attached hydrogens (tertiary/aromatic N) is 4. The van der Waals surface area contributed by atoms with Crippen LogP contribution < -0.4 is 5.32 Å². The molecule has 1 aliphatic heterocycles. The van der Waals surface area contributed by atoms with Gasteiger partial charge in [0.1, 0.15) is 22.8 Å². The lowest BCUT2D eigenvalue weighted by Crippen LogP contribution is -2.39. The number of anilines is 2. The van der Waals surface area contributed by atoms with Gasteiger partial charge in [0.2, 0.25) is 0 Å². The molecule has 3 aromatic rings. The molecule has 0 radical (unpaired) electrons. The highest BCUT2D eigenvalue weighted by atomic mass is 35.5. The van der Waals surface area contributed by atoms with E-state index in [1.54, 1.807) is 17.4 Å². The fourth-order valence-electron chi connectivity index (χ4n) is 3.91. The summed E-state index contributed by atoms with van der Waals surface area (Å²) in [7, 11) is 0. The predicted octanol–water partition coefficient (Wildman–Crippen LogP) is 5.01. The van der Waals surface area contributed by atoms with Crippen LogP contribution in [0.15, 0.2) is 36.7 Å². The van der Waals surface area contributed by atoms with Gasteiger partial charge in [0.05, 0.1) is 17.0 Å². The number of halogens is 2. The normalized spacial score (nSPS) is 13.5. The molecule has 0 fully saturated rings. The number of carbonyl (C=O) groups excluding carboxylic acids is 1. The molecule has 1 amide bonds. The van der Waals surface area contributed by atoms with Gasteiger partial charge in [-0.3, -0.25) is 9.69 Å². The van der Waals surface area contributed by atoms with Crippen molar-refractivity contribution in [1.29, 1.82) is 0 Å². The van der Waals surface area contributed by atoms with Gasteiger partial charge in [-0.1, -0.05) is 32.0 Å². The molecule has 9 heteroatoms. The van der Waals surface area contributed by atoms with Crippen molar-refractivity contribution < 1.29 is 9.18 Å². The highest BCUT2D eigenvalue weighted by Gasteiger charge is 2.27. The number of benzene rings is 1. The molecule has 0 spiro atoms. The van der Waals surface area contributed by atoms with Gasteiger partial charge in [-0.25, -0.2) is 14.4 Å². The molecule has 32 heavy (non-hydrogen) atoms. The van der Waals surface area contributed by atoms with Gasteiger partial charge in [0.25, 0.3) is 5.91 Å². The molecule has 168 valence electrons. The lowest BCUT2D eigenvalue weighted by molar-refractivity contribution is -0.128. The summed E-state index contributed by atoms with van der Waals surface area (Å²) in [5.74, 6) is 0.191. The maximum absolute atomic E-state index is 13.5. The third-order valence-corrected chi connectivity index (χ3v) is 7.13. The Kier molecular flexibility index (Phi) is 6.74. The Hall–Kier alpha value is -2.55. The first kappa shape index (κ1) is 22.6. The molecule has 0 unspecified atom stereocenters. The van der Waals surface area contributed by atoms with Crippen LogP contribution in [0.1, 0.15) is 24.3 Å². The van der Waals surface area contributed by atoms with Gasteiger partial charge in [0, 0.05) is 29.2 Å². The van der Waals surface area contributed by atoms with Crippen molar-refractivity contribution >= 4 is 50.6 Å². The van der Waals surface area contributed by atoms with E-state index in [2.05, 4.69) is 40.6 Å². The maximum Gasteiger partial charge on any atom is 0.250 e. The molecule has 0 bridgehead atoms. The SMILES string of the molecule is C=C(CN(CC)CC)C(=O)N1CCc2c(sc3ncnc(Nc4ccc(F)c(Cl)c4)c23)C1. The number of rotatable bonds is 7. The largest absolute Gasteiger partial charge is 0.340 e. The van der Waals surface area contributed by atoms with Crippen molar-refractivity contribution in [1.82, 2.24) is 19.8 Å². The first-order chi connectivity index (χ1) is 15.4. The first-order valence-electron chi connectivity index (χ1n) is 10.6. The van der Waals surface area contributed by atoms with Crippen molar-refractivity contribution in [3.8, 4) is 0 Å². The minimum absolute atomic E-state index is 0.00499. The Bertz CT molecular complexity index is 1180. The summed E-state index contributed by atoms with van der Waals surface area (Å²) in [5, 5.41) is 4.24. The van der Waals surface area contributed by atoms with Gasteiger partial charge >= 0.3 is 0 Å². The van der Waals surface area contributed by atoms with E-state index in [4.69, 9.17) is 11.6 Å². The minimum atomic E-state index is -0.467. The summed E-state index contributed by atoms with van der Waals surface area (Å²) in [5.41, 5.74) is 2.42. The fraction of sp³-hybridized carbons (Fsp3) is 0.348. The second-order valence-electron chi connectivity index (χ2n) is 7.70. The average Bonchev–Trinajstić information content (AvgIpc) is 3.18. The topological polar surface area (TPSA) is 61.4 Å². The van der Waals surface area contributed by atoms with Crippen molar-refractivity contribution in [2.24, 2.45) is 0 Å². The average molecular weight is 474 g/mol. The van der Waals surface area contributed by atoms with Crippen LogP contribution in [0, 0.1) is 5.82 Å². The molecule has 4 rings (SSSR count). The summed E-state index contributed by atoms with van der Waals surface area (Å²) in [6.07, 6.45) is 2.22. The number of aromatic nitrogens is 2. The molecule has 0 aliphatic carbocycles. The highest BCUT2D eigenvalue weighted by molar-refractivity contribution is 7.19. The summed E-state index contributed by atoms with van der Waals surface area (Å²) in [6.45, 7) is 11.7. The maximum atomic E-state index is 13.5. The quantitative estimate of drug-likeness (QED) is 0.489. The van der Waals surface area contributed by atoms with Crippen LogP contribution in [-0.4, -0.2) is 51.9 Å². The third-order valence-electron chi connectivity index (χ3n) is 5.72. The Labute approximate surface area is 195 Å². The minimum Gasteiger partial charge on any atom is -0.340 e. The number of nitrogens with one attached hydrogen (secondary N) is 1. The number of amides is 1. The molecule has 6 nitrogen and oxygen atoms in total. The molecule has 1 aliphatic rings. The fourth-order valence-corrected chi connectivity index (χ4v) is 5.30. The van der Waals surface area contributed by atoms with Crippen molar-refractivity contribution in [3.05, 3.63) is 58.0 Å². The van der Waals surface area contributed by atoms with Crippen molar-refractivity contribution in [3.63, 3.8) is 0 Å². The lowest BCUT2D eigenvalue weighted by Gasteiger charge is -2.29. The zero-order chi connectivity index (χ0) is 22.8. The summed E-state index contributed by atoms with van der Waals surface area (Å²) in [4.78, 5) is 27.9. The number of carbonyl (C=O) groups is 1. The highest BCUT2D eigenvalue weighted by Crippen LogP contribution is 2.38. The van der Waals surface area contributed by atoms with Crippen LogP contribution in [0.2, 0.25) is 5.02 Å². The van der Waals surface area contributed by atoms with Crippen LogP contribution in [0.4, 0.5) is 15.9 Å². The molecule has 3 heterocycles. The molecule has 0 atom stereocenters. The zero-order valence-electron chi connectivity index (χ0n) is 18.1. The smallest absolute Gasteiger partial charge is 0.250 e. The van der Waals surface area contributed by atoms with E-state index >= 15 is 0 Å². The molecular formula is C23H25ClFN5OS. The second kappa shape index (κ2) is 9.52. The Morgan fingerprint density at radius 1 is 1.34 bits per heavy atom. The van der Waals surface area contributed by atoms with Crippen LogP contribution in [-0.2, 0) is 17.8 Å². The lowest BCUT2D eigenvalue weighted by atomic mass is 10.0. The Morgan fingerprint density at radius 3 is 2.84 bits per heavy atom. The number of likely N-dealkylation sites (N-methyl/N-ethyl adjacent to an activating group) is 1. The summed E-state index contributed by atoms with van der Waals surface area (Å²) in [6, 6.07) is 4.47. The van der Waals surface area contributed by atoms with E-state index in [-0.39, 0.29) is 10.9 Å². The second-order valence-corrected chi connectivity index (χ2v) is 9.19. The molecule has 2 aromatic heterocycles. The number of hydrogen-bond acceptors (Lipinski definition) is 6. The van der Waals surface area contributed by atoms with Gasteiger partial charge in [-0.15, -0.1) is 11.3 Å². The standard InChI is InChI=1S/C23H25ClFN5OS/c1-4-29(5-2)11-14(3)23(31)30-9-8-16-19(12-30)32-22-20(16)21(26-13-27-22)28-15-6-7-18(25)17(24)10-15/h6-7,10,13H,3-5,8-9,11-12H2,1-2H3,(H,26,27,28). The Morgan fingerprint density at radius 2 is 2.12 bits per heavy atom. The number of thiophene rings is 1.